The van der Waals surface area contributed by atoms with Crippen LogP contribution in [0, 0.1) is 6.92 Å². The molecular weight excluding hydrogens is 252 g/mol. The van der Waals surface area contributed by atoms with E-state index in [9.17, 15) is 4.79 Å². The fourth-order valence-electron chi connectivity index (χ4n) is 2.19. The fourth-order valence-corrected chi connectivity index (χ4v) is 2.36. The van der Waals surface area contributed by atoms with Crippen LogP contribution >= 0.6 is 11.6 Å². The van der Waals surface area contributed by atoms with E-state index in [0.29, 0.717) is 0 Å². The first-order valence-corrected chi connectivity index (χ1v) is 6.78. The van der Waals surface area contributed by atoms with Crippen molar-refractivity contribution in [2.75, 3.05) is 38.6 Å². The third-order valence-electron chi connectivity index (χ3n) is 3.42. The molecule has 1 saturated heterocycles. The van der Waals surface area contributed by atoms with E-state index in [2.05, 4.69) is 14.5 Å². The van der Waals surface area contributed by atoms with E-state index in [1.165, 1.54) is 0 Å². The minimum atomic E-state index is 0.0433. The third kappa shape index (κ3) is 3.23. The van der Waals surface area contributed by atoms with Gasteiger partial charge < -0.3 is 9.47 Å². The lowest BCUT2D eigenvalue weighted by Gasteiger charge is -2.34. The minimum absolute atomic E-state index is 0.0433. The van der Waals surface area contributed by atoms with Crippen molar-refractivity contribution < 1.29 is 4.79 Å². The number of nitrogens with zero attached hydrogens (tertiary/aromatic N) is 4. The Kier molecular flexibility index (Phi) is 4.60. The van der Waals surface area contributed by atoms with E-state index in [1.54, 1.807) is 0 Å². The molecule has 2 rings (SSSR count). The van der Waals surface area contributed by atoms with Crippen LogP contribution in [0.3, 0.4) is 0 Å². The molecule has 100 valence electrons. The summed E-state index contributed by atoms with van der Waals surface area (Å²) in [5.41, 5.74) is 0. The highest BCUT2D eigenvalue weighted by molar-refractivity contribution is 6.27. The second-order valence-corrected chi connectivity index (χ2v) is 4.79. The number of hydrogen-bond acceptors (Lipinski definition) is 3. The van der Waals surface area contributed by atoms with Crippen LogP contribution in [0.25, 0.3) is 0 Å². The van der Waals surface area contributed by atoms with Crippen molar-refractivity contribution in [1.82, 2.24) is 19.4 Å². The summed E-state index contributed by atoms with van der Waals surface area (Å²) in [5.74, 6) is 1.18. The summed E-state index contributed by atoms with van der Waals surface area (Å²) in [4.78, 5) is 19.8. The molecular formula is C12H19ClN4O. The van der Waals surface area contributed by atoms with Gasteiger partial charge in [0.1, 0.15) is 11.7 Å². The SMILES string of the molecule is Cc1nccn1CCN1CCN(C(=O)CCl)CC1. The Morgan fingerprint density at radius 3 is 2.61 bits per heavy atom. The number of carbonyl (C=O) groups is 1. The highest BCUT2D eigenvalue weighted by Crippen LogP contribution is 2.04. The average Bonchev–Trinajstić information content (AvgIpc) is 2.81. The van der Waals surface area contributed by atoms with Gasteiger partial charge in [0.05, 0.1) is 0 Å². The van der Waals surface area contributed by atoms with Crippen LogP contribution in [0.4, 0.5) is 0 Å². The predicted molar refractivity (Wildman–Crippen MR) is 70.7 cm³/mol. The Bertz CT molecular complexity index is 399. The van der Waals surface area contributed by atoms with Gasteiger partial charge in [-0.3, -0.25) is 9.69 Å². The molecule has 0 atom stereocenters. The maximum absolute atomic E-state index is 11.4. The summed E-state index contributed by atoms with van der Waals surface area (Å²) >= 11 is 5.55. The lowest BCUT2D eigenvalue weighted by atomic mass is 10.3. The number of aryl methyl sites for hydroxylation is 1. The molecule has 0 radical (unpaired) electrons. The zero-order valence-corrected chi connectivity index (χ0v) is 11.4. The summed E-state index contributed by atoms with van der Waals surface area (Å²) in [6, 6.07) is 0. The predicted octanol–water partition coefficient (Wildman–Crippen LogP) is 0.575. The number of amides is 1. The second kappa shape index (κ2) is 6.20. The molecule has 1 aromatic heterocycles. The van der Waals surface area contributed by atoms with Gasteiger partial charge in [0.15, 0.2) is 0 Å². The molecule has 0 aromatic carbocycles. The van der Waals surface area contributed by atoms with Gasteiger partial charge in [-0.05, 0) is 6.92 Å². The largest absolute Gasteiger partial charge is 0.339 e. The number of carbonyl (C=O) groups excluding carboxylic acids is 1. The molecule has 0 spiro atoms. The van der Waals surface area contributed by atoms with Gasteiger partial charge in [-0.2, -0.15) is 0 Å². The maximum Gasteiger partial charge on any atom is 0.237 e. The van der Waals surface area contributed by atoms with Gasteiger partial charge in [0.2, 0.25) is 5.91 Å². The van der Waals surface area contributed by atoms with Gasteiger partial charge in [-0.1, -0.05) is 0 Å². The van der Waals surface area contributed by atoms with Crippen molar-refractivity contribution in [2.45, 2.75) is 13.5 Å². The smallest absolute Gasteiger partial charge is 0.237 e. The lowest BCUT2D eigenvalue weighted by Crippen LogP contribution is -2.49. The first-order valence-electron chi connectivity index (χ1n) is 6.24. The molecule has 1 aliphatic heterocycles. The highest BCUT2D eigenvalue weighted by atomic mass is 35.5. The summed E-state index contributed by atoms with van der Waals surface area (Å²) in [6.45, 7) is 7.39. The molecule has 0 bridgehead atoms. The van der Waals surface area contributed by atoms with Crippen LogP contribution in [-0.4, -0.2) is 63.9 Å². The van der Waals surface area contributed by atoms with E-state index in [-0.39, 0.29) is 11.8 Å². The third-order valence-corrected chi connectivity index (χ3v) is 3.65. The summed E-state index contributed by atoms with van der Waals surface area (Å²) < 4.78 is 2.15. The first kappa shape index (κ1) is 13.4. The number of alkyl halides is 1. The molecule has 1 aliphatic rings. The zero-order valence-electron chi connectivity index (χ0n) is 10.7. The molecule has 18 heavy (non-hydrogen) atoms. The minimum Gasteiger partial charge on any atom is -0.339 e. The Hall–Kier alpha value is -1.07. The summed E-state index contributed by atoms with van der Waals surface area (Å²) in [5, 5.41) is 0. The monoisotopic (exact) mass is 270 g/mol. The number of aromatic nitrogens is 2. The normalized spacial score (nSPS) is 17.1. The fraction of sp³-hybridized carbons (Fsp3) is 0.667. The molecule has 1 aromatic rings. The van der Waals surface area contributed by atoms with Crippen molar-refractivity contribution in [2.24, 2.45) is 0 Å². The molecule has 1 fully saturated rings. The second-order valence-electron chi connectivity index (χ2n) is 4.52. The van der Waals surface area contributed by atoms with Crippen LogP contribution < -0.4 is 0 Å². The zero-order chi connectivity index (χ0) is 13.0. The van der Waals surface area contributed by atoms with Crippen LogP contribution in [0.1, 0.15) is 5.82 Å². The van der Waals surface area contributed by atoms with Gasteiger partial charge in [-0.25, -0.2) is 4.98 Å². The van der Waals surface area contributed by atoms with Crippen LogP contribution in [0.5, 0.6) is 0 Å². The molecule has 6 heteroatoms. The summed E-state index contributed by atoms with van der Waals surface area (Å²) in [6.07, 6.45) is 3.83. The van der Waals surface area contributed by atoms with Gasteiger partial charge in [0, 0.05) is 51.7 Å². The number of rotatable bonds is 4. The van der Waals surface area contributed by atoms with E-state index in [0.717, 1.165) is 45.1 Å². The Morgan fingerprint density at radius 2 is 2.06 bits per heavy atom. The maximum atomic E-state index is 11.4. The van der Waals surface area contributed by atoms with Crippen molar-refractivity contribution in [3.05, 3.63) is 18.2 Å². The van der Waals surface area contributed by atoms with Crippen molar-refractivity contribution in [3.8, 4) is 0 Å². The molecule has 0 N–H and O–H groups in total. The van der Waals surface area contributed by atoms with E-state index in [4.69, 9.17) is 11.6 Å². The van der Waals surface area contributed by atoms with Crippen LogP contribution in [0.15, 0.2) is 12.4 Å². The van der Waals surface area contributed by atoms with Gasteiger partial charge >= 0.3 is 0 Å². The number of hydrogen-bond donors (Lipinski definition) is 0. The first-order chi connectivity index (χ1) is 8.70. The Balaban J connectivity index is 1.74. The van der Waals surface area contributed by atoms with E-state index < -0.39 is 0 Å². The van der Waals surface area contributed by atoms with Crippen molar-refractivity contribution in [1.29, 1.82) is 0 Å². The molecule has 0 saturated carbocycles. The van der Waals surface area contributed by atoms with Crippen LogP contribution in [-0.2, 0) is 11.3 Å². The highest BCUT2D eigenvalue weighted by Gasteiger charge is 2.19. The lowest BCUT2D eigenvalue weighted by molar-refractivity contribution is -0.130. The van der Waals surface area contributed by atoms with Gasteiger partial charge in [0.25, 0.3) is 0 Å². The topological polar surface area (TPSA) is 41.4 Å². The molecule has 5 nitrogen and oxygen atoms in total. The number of imidazole rings is 1. The quantitative estimate of drug-likeness (QED) is 0.752. The molecule has 1 amide bonds. The number of halogens is 1. The standard InChI is InChI=1S/C12H19ClN4O/c1-11-14-2-3-16(11)7-4-15-5-8-17(9-6-15)12(18)10-13/h2-3H,4-10H2,1H3. The van der Waals surface area contributed by atoms with E-state index in [1.807, 2.05) is 24.2 Å². The Morgan fingerprint density at radius 1 is 1.33 bits per heavy atom. The van der Waals surface area contributed by atoms with Crippen molar-refractivity contribution >= 4 is 17.5 Å². The van der Waals surface area contributed by atoms with Crippen molar-refractivity contribution in [3.63, 3.8) is 0 Å². The van der Waals surface area contributed by atoms with E-state index >= 15 is 0 Å². The van der Waals surface area contributed by atoms with Gasteiger partial charge in [-0.15, -0.1) is 11.6 Å². The molecule has 0 unspecified atom stereocenters. The molecule has 2 heterocycles. The number of piperazine rings is 1. The molecule has 0 aliphatic carbocycles. The van der Waals surface area contributed by atoms with Crippen LogP contribution in [0.2, 0.25) is 0 Å². The average molecular weight is 271 g/mol. The summed E-state index contributed by atoms with van der Waals surface area (Å²) in [7, 11) is 0. The Labute approximate surface area is 112 Å².